The summed E-state index contributed by atoms with van der Waals surface area (Å²) in [6.45, 7) is 1.72. The second-order valence-electron chi connectivity index (χ2n) is 7.69. The molecule has 7 heteroatoms. The molecule has 0 bridgehead atoms. The molecule has 0 amide bonds. The number of alkyl halides is 1. The molecule has 4 aromatic rings. The Hall–Kier alpha value is -3.22. The standard InChI is InChI=1S/C24H20ClFN4O/c25-17-8-11-22-21(12-17)23(31)30(20-4-2-1-3-5-20)24(28-22)27-19-9-6-16(7-10-19)13-29-14-18(26)15-29/h1-12,18H,13-15H2,(H,27,28). The Morgan fingerprint density at radius 3 is 2.48 bits per heavy atom. The molecule has 156 valence electrons. The van der Waals surface area contributed by atoms with Crippen molar-refractivity contribution in [2.24, 2.45) is 0 Å². The van der Waals surface area contributed by atoms with Crippen LogP contribution in [0.3, 0.4) is 0 Å². The second-order valence-corrected chi connectivity index (χ2v) is 8.12. The SMILES string of the molecule is O=c1c2cc(Cl)ccc2nc(Nc2ccc(CN3CC(F)C3)cc2)n1-c1ccccc1. The Kier molecular flexibility index (Phi) is 5.18. The number of nitrogens with one attached hydrogen (secondary N) is 1. The van der Waals surface area contributed by atoms with Gasteiger partial charge in [-0.1, -0.05) is 41.9 Å². The molecular weight excluding hydrogens is 415 g/mol. The molecule has 1 saturated heterocycles. The molecule has 1 aliphatic heterocycles. The average Bonchev–Trinajstić information content (AvgIpc) is 2.75. The van der Waals surface area contributed by atoms with Crippen LogP contribution >= 0.6 is 11.6 Å². The number of aromatic nitrogens is 2. The van der Waals surface area contributed by atoms with Gasteiger partial charge in [0.05, 0.1) is 16.6 Å². The van der Waals surface area contributed by atoms with Gasteiger partial charge in [0.1, 0.15) is 6.17 Å². The van der Waals surface area contributed by atoms with Gasteiger partial charge in [-0.15, -0.1) is 0 Å². The molecule has 3 aromatic carbocycles. The number of nitrogens with zero attached hydrogens (tertiary/aromatic N) is 3. The Morgan fingerprint density at radius 2 is 1.77 bits per heavy atom. The molecule has 5 rings (SSSR count). The van der Waals surface area contributed by atoms with E-state index in [4.69, 9.17) is 16.6 Å². The number of hydrogen-bond acceptors (Lipinski definition) is 4. The van der Waals surface area contributed by atoms with Crippen molar-refractivity contribution < 1.29 is 4.39 Å². The summed E-state index contributed by atoms with van der Waals surface area (Å²) in [5.74, 6) is 0.418. The minimum Gasteiger partial charge on any atom is -0.325 e. The van der Waals surface area contributed by atoms with E-state index in [9.17, 15) is 9.18 Å². The lowest BCUT2D eigenvalue weighted by molar-refractivity contribution is 0.0591. The molecule has 2 heterocycles. The van der Waals surface area contributed by atoms with E-state index in [2.05, 4.69) is 10.2 Å². The van der Waals surface area contributed by atoms with Crippen molar-refractivity contribution in [3.05, 3.63) is 93.7 Å². The Morgan fingerprint density at radius 1 is 1.03 bits per heavy atom. The minimum absolute atomic E-state index is 0.198. The van der Waals surface area contributed by atoms with E-state index in [-0.39, 0.29) is 5.56 Å². The maximum atomic E-state index is 13.3. The van der Waals surface area contributed by atoms with Crippen LogP contribution in [0.4, 0.5) is 16.0 Å². The molecule has 0 saturated carbocycles. The quantitative estimate of drug-likeness (QED) is 0.483. The third kappa shape index (κ3) is 4.04. The summed E-state index contributed by atoms with van der Waals surface area (Å²) in [4.78, 5) is 20.1. The van der Waals surface area contributed by atoms with Gasteiger partial charge in [0.15, 0.2) is 0 Å². The molecule has 0 aliphatic carbocycles. The Labute approximate surface area is 183 Å². The van der Waals surface area contributed by atoms with Crippen LogP contribution in [0.5, 0.6) is 0 Å². The van der Waals surface area contributed by atoms with E-state index >= 15 is 0 Å². The number of anilines is 2. The van der Waals surface area contributed by atoms with Gasteiger partial charge in [0.2, 0.25) is 5.95 Å². The summed E-state index contributed by atoms with van der Waals surface area (Å²) in [5, 5.41) is 4.23. The summed E-state index contributed by atoms with van der Waals surface area (Å²) in [5.41, 5.74) is 3.00. The van der Waals surface area contributed by atoms with Gasteiger partial charge in [-0.05, 0) is 48.0 Å². The van der Waals surface area contributed by atoms with Crippen LogP contribution < -0.4 is 10.9 Å². The highest BCUT2D eigenvalue weighted by atomic mass is 35.5. The monoisotopic (exact) mass is 434 g/mol. The summed E-state index contributed by atoms with van der Waals surface area (Å²) >= 11 is 6.12. The topological polar surface area (TPSA) is 50.2 Å². The molecule has 5 nitrogen and oxygen atoms in total. The highest BCUT2D eigenvalue weighted by molar-refractivity contribution is 6.31. The van der Waals surface area contributed by atoms with Crippen molar-refractivity contribution in [1.82, 2.24) is 14.5 Å². The molecule has 0 spiro atoms. The fraction of sp³-hybridized carbons (Fsp3) is 0.167. The number of likely N-dealkylation sites (tertiary alicyclic amines) is 1. The molecule has 0 unspecified atom stereocenters. The molecule has 0 atom stereocenters. The Balaban J connectivity index is 1.51. The van der Waals surface area contributed by atoms with E-state index in [0.717, 1.165) is 17.8 Å². The molecule has 1 aromatic heterocycles. The van der Waals surface area contributed by atoms with Crippen LogP contribution in [-0.2, 0) is 6.54 Å². The van der Waals surface area contributed by atoms with Crippen molar-refractivity contribution in [2.45, 2.75) is 12.7 Å². The summed E-state index contributed by atoms with van der Waals surface area (Å²) < 4.78 is 14.6. The first-order chi connectivity index (χ1) is 15.1. The molecule has 0 radical (unpaired) electrons. The molecule has 1 N–H and O–H groups in total. The summed E-state index contributed by atoms with van der Waals surface area (Å²) in [6, 6.07) is 22.4. The summed E-state index contributed by atoms with van der Waals surface area (Å²) in [6.07, 6.45) is -0.704. The zero-order valence-corrected chi connectivity index (χ0v) is 17.4. The van der Waals surface area contributed by atoms with Crippen molar-refractivity contribution in [2.75, 3.05) is 18.4 Å². The van der Waals surface area contributed by atoms with E-state index < -0.39 is 6.17 Å². The normalized spacial score (nSPS) is 14.5. The number of hydrogen-bond donors (Lipinski definition) is 1. The lowest BCUT2D eigenvalue weighted by Gasteiger charge is -2.34. The van der Waals surface area contributed by atoms with E-state index in [1.54, 1.807) is 22.8 Å². The van der Waals surface area contributed by atoms with E-state index in [0.29, 0.717) is 40.7 Å². The van der Waals surface area contributed by atoms with Gasteiger partial charge in [0.25, 0.3) is 5.56 Å². The van der Waals surface area contributed by atoms with Gasteiger partial charge in [0, 0.05) is 30.3 Å². The largest absolute Gasteiger partial charge is 0.325 e. The second kappa shape index (κ2) is 8.13. The third-order valence-corrected chi connectivity index (χ3v) is 5.61. The lowest BCUT2D eigenvalue weighted by Crippen LogP contribution is -2.47. The van der Waals surface area contributed by atoms with Gasteiger partial charge in [-0.2, -0.15) is 0 Å². The number of fused-ring (bicyclic) bond motifs is 1. The molecule has 1 fully saturated rings. The zero-order chi connectivity index (χ0) is 21.4. The highest BCUT2D eigenvalue weighted by Crippen LogP contribution is 2.23. The first kappa shape index (κ1) is 19.7. The third-order valence-electron chi connectivity index (χ3n) is 5.37. The highest BCUT2D eigenvalue weighted by Gasteiger charge is 2.25. The van der Waals surface area contributed by atoms with Gasteiger partial charge < -0.3 is 5.32 Å². The van der Waals surface area contributed by atoms with Crippen LogP contribution in [0, 0.1) is 0 Å². The maximum absolute atomic E-state index is 13.3. The molecule has 1 aliphatic rings. The summed E-state index contributed by atoms with van der Waals surface area (Å²) in [7, 11) is 0. The van der Waals surface area contributed by atoms with Gasteiger partial charge in [-0.25, -0.2) is 13.9 Å². The lowest BCUT2D eigenvalue weighted by atomic mass is 10.1. The first-order valence-electron chi connectivity index (χ1n) is 10.1. The predicted molar refractivity (Wildman–Crippen MR) is 122 cm³/mol. The van der Waals surface area contributed by atoms with Crippen LogP contribution in [-0.4, -0.2) is 33.7 Å². The maximum Gasteiger partial charge on any atom is 0.267 e. The molecular formula is C24H20ClFN4O. The minimum atomic E-state index is -0.704. The smallest absolute Gasteiger partial charge is 0.267 e. The number of halogens is 2. The van der Waals surface area contributed by atoms with Crippen LogP contribution in [0.25, 0.3) is 16.6 Å². The molecule has 31 heavy (non-hydrogen) atoms. The predicted octanol–water partition coefficient (Wildman–Crippen LogP) is 4.94. The average molecular weight is 435 g/mol. The van der Waals surface area contributed by atoms with Crippen LogP contribution in [0.1, 0.15) is 5.56 Å². The van der Waals surface area contributed by atoms with Crippen LogP contribution in [0.2, 0.25) is 5.02 Å². The van der Waals surface area contributed by atoms with Crippen molar-refractivity contribution in [1.29, 1.82) is 0 Å². The fourth-order valence-electron chi connectivity index (χ4n) is 3.77. The van der Waals surface area contributed by atoms with Gasteiger partial charge in [-0.3, -0.25) is 9.69 Å². The van der Waals surface area contributed by atoms with Crippen molar-refractivity contribution in [3.63, 3.8) is 0 Å². The van der Waals surface area contributed by atoms with E-state index in [1.165, 1.54) is 0 Å². The fourth-order valence-corrected chi connectivity index (χ4v) is 3.95. The van der Waals surface area contributed by atoms with Crippen LogP contribution in [0.15, 0.2) is 77.6 Å². The number of para-hydroxylation sites is 1. The zero-order valence-electron chi connectivity index (χ0n) is 16.6. The van der Waals surface area contributed by atoms with Gasteiger partial charge >= 0.3 is 0 Å². The van der Waals surface area contributed by atoms with E-state index in [1.807, 2.05) is 54.6 Å². The van der Waals surface area contributed by atoms with Crippen molar-refractivity contribution in [3.8, 4) is 5.69 Å². The number of benzene rings is 3. The first-order valence-corrected chi connectivity index (χ1v) is 10.4. The Bertz CT molecular complexity index is 1280. The number of rotatable bonds is 5. The van der Waals surface area contributed by atoms with Crippen molar-refractivity contribution >= 4 is 34.1 Å².